The molecule has 0 amide bonds. The molecule has 0 aliphatic heterocycles. The number of aliphatic hydroxyl groups is 1. The summed E-state index contributed by atoms with van der Waals surface area (Å²) in [6.07, 6.45) is 1.32. The molecule has 8 heteroatoms. The van der Waals surface area contributed by atoms with Gasteiger partial charge in [-0.3, -0.25) is 10.1 Å². The number of hydrogen-bond donors (Lipinski definition) is 3. The first-order valence-electron chi connectivity index (χ1n) is 6.02. The zero-order valence-corrected chi connectivity index (χ0v) is 10.6. The van der Waals surface area contributed by atoms with Crippen molar-refractivity contribution in [3.05, 3.63) is 22.2 Å². The standard InChI is InChI=1S/C11H17N5O3/c1-15(6-7-2-9(17)3-7)11-5-8(16(18)19)4-10(13-11)14-12/h4-5,7,9,17H,2-3,6,12H2,1H3,(H,13,14). The number of anilines is 2. The summed E-state index contributed by atoms with van der Waals surface area (Å²) >= 11 is 0. The molecule has 0 unspecified atom stereocenters. The van der Waals surface area contributed by atoms with Gasteiger partial charge in [0.1, 0.15) is 11.6 Å². The summed E-state index contributed by atoms with van der Waals surface area (Å²) in [6, 6.07) is 2.69. The van der Waals surface area contributed by atoms with E-state index in [1.165, 1.54) is 12.1 Å². The van der Waals surface area contributed by atoms with Crippen molar-refractivity contribution >= 4 is 17.3 Å². The van der Waals surface area contributed by atoms with Crippen molar-refractivity contribution in [1.82, 2.24) is 4.98 Å². The lowest BCUT2D eigenvalue weighted by atomic mass is 9.82. The Morgan fingerprint density at radius 1 is 1.63 bits per heavy atom. The van der Waals surface area contributed by atoms with Gasteiger partial charge in [-0.2, -0.15) is 0 Å². The number of nitrogens with zero attached hydrogens (tertiary/aromatic N) is 3. The molecular weight excluding hydrogens is 250 g/mol. The number of hydrogen-bond acceptors (Lipinski definition) is 7. The number of nitrogens with one attached hydrogen (secondary N) is 1. The maximum Gasteiger partial charge on any atom is 0.276 e. The SMILES string of the molecule is CN(CC1CC(O)C1)c1cc([N+](=O)[O-])cc(NN)n1. The molecule has 1 aromatic heterocycles. The van der Waals surface area contributed by atoms with Crippen LogP contribution in [0.2, 0.25) is 0 Å². The van der Waals surface area contributed by atoms with E-state index in [1.54, 1.807) is 0 Å². The van der Waals surface area contributed by atoms with Crippen LogP contribution < -0.4 is 16.2 Å². The second kappa shape index (κ2) is 5.37. The van der Waals surface area contributed by atoms with E-state index in [9.17, 15) is 15.2 Å². The molecule has 4 N–H and O–H groups in total. The number of nitrogens with two attached hydrogens (primary N) is 1. The smallest absolute Gasteiger partial charge is 0.276 e. The number of nitro groups is 1. The maximum atomic E-state index is 10.8. The van der Waals surface area contributed by atoms with Gasteiger partial charge in [0.15, 0.2) is 0 Å². The molecule has 1 fully saturated rings. The highest BCUT2D eigenvalue weighted by Crippen LogP contribution is 2.29. The van der Waals surface area contributed by atoms with Gasteiger partial charge in [0.25, 0.3) is 5.69 Å². The highest BCUT2D eigenvalue weighted by Gasteiger charge is 2.28. The van der Waals surface area contributed by atoms with E-state index in [0.29, 0.717) is 18.3 Å². The molecule has 1 aliphatic carbocycles. The number of aromatic nitrogens is 1. The Morgan fingerprint density at radius 3 is 2.84 bits per heavy atom. The molecule has 0 atom stereocenters. The van der Waals surface area contributed by atoms with Crippen molar-refractivity contribution in [2.24, 2.45) is 11.8 Å². The maximum absolute atomic E-state index is 10.8. The fourth-order valence-corrected chi connectivity index (χ4v) is 2.21. The highest BCUT2D eigenvalue weighted by molar-refractivity contribution is 5.55. The summed E-state index contributed by atoms with van der Waals surface area (Å²) in [5.74, 6) is 6.40. The molecular formula is C11H17N5O3. The first-order chi connectivity index (χ1) is 8.99. The van der Waals surface area contributed by atoms with Gasteiger partial charge < -0.3 is 15.4 Å². The molecule has 104 valence electrons. The molecule has 8 nitrogen and oxygen atoms in total. The van der Waals surface area contributed by atoms with Gasteiger partial charge in [0, 0.05) is 13.6 Å². The van der Waals surface area contributed by atoms with Gasteiger partial charge in [0.05, 0.1) is 23.2 Å². The highest BCUT2D eigenvalue weighted by atomic mass is 16.6. The second-order valence-corrected chi connectivity index (χ2v) is 4.84. The monoisotopic (exact) mass is 267 g/mol. The fourth-order valence-electron chi connectivity index (χ4n) is 2.21. The van der Waals surface area contributed by atoms with E-state index in [1.807, 2.05) is 11.9 Å². The zero-order chi connectivity index (χ0) is 14.0. The Morgan fingerprint density at radius 2 is 2.32 bits per heavy atom. The molecule has 0 radical (unpaired) electrons. The van der Waals surface area contributed by atoms with Crippen LogP contribution in [0.1, 0.15) is 12.8 Å². The minimum absolute atomic E-state index is 0.0570. The van der Waals surface area contributed by atoms with E-state index in [2.05, 4.69) is 10.4 Å². The first-order valence-corrected chi connectivity index (χ1v) is 6.02. The van der Waals surface area contributed by atoms with Crippen LogP contribution in [-0.2, 0) is 0 Å². The summed E-state index contributed by atoms with van der Waals surface area (Å²) in [6.45, 7) is 0.704. The molecule has 1 aliphatic rings. The van der Waals surface area contributed by atoms with Crippen molar-refractivity contribution in [3.8, 4) is 0 Å². The van der Waals surface area contributed by atoms with Crippen molar-refractivity contribution in [1.29, 1.82) is 0 Å². The molecule has 2 rings (SSSR count). The van der Waals surface area contributed by atoms with Crippen LogP contribution in [-0.4, -0.2) is 34.7 Å². The van der Waals surface area contributed by atoms with Gasteiger partial charge in [-0.25, -0.2) is 10.8 Å². The van der Waals surface area contributed by atoms with E-state index in [4.69, 9.17) is 5.84 Å². The van der Waals surface area contributed by atoms with Crippen LogP contribution in [0.4, 0.5) is 17.3 Å². The number of hydrazine groups is 1. The van der Waals surface area contributed by atoms with E-state index in [0.717, 1.165) is 12.8 Å². The molecule has 0 bridgehead atoms. The average Bonchev–Trinajstić information content (AvgIpc) is 2.36. The predicted octanol–water partition coefficient (Wildman–Crippen LogP) is 0.482. The second-order valence-electron chi connectivity index (χ2n) is 4.84. The normalized spacial score (nSPS) is 21.6. The van der Waals surface area contributed by atoms with E-state index < -0.39 is 4.92 Å². The number of aliphatic hydroxyl groups excluding tert-OH is 1. The van der Waals surface area contributed by atoms with E-state index in [-0.39, 0.29) is 17.6 Å². The fraction of sp³-hybridized carbons (Fsp3) is 0.545. The van der Waals surface area contributed by atoms with Crippen LogP contribution in [0.3, 0.4) is 0 Å². The Bertz CT molecular complexity index is 475. The van der Waals surface area contributed by atoms with Gasteiger partial charge in [-0.15, -0.1) is 0 Å². The molecule has 0 saturated heterocycles. The van der Waals surface area contributed by atoms with Crippen molar-refractivity contribution in [2.75, 3.05) is 23.9 Å². The number of nitrogen functional groups attached to an aromatic ring is 1. The predicted molar refractivity (Wildman–Crippen MR) is 70.7 cm³/mol. The van der Waals surface area contributed by atoms with Gasteiger partial charge >= 0.3 is 0 Å². The van der Waals surface area contributed by atoms with Crippen molar-refractivity contribution in [3.63, 3.8) is 0 Å². The summed E-state index contributed by atoms with van der Waals surface area (Å²) in [5, 5.41) is 20.1. The molecule has 1 heterocycles. The summed E-state index contributed by atoms with van der Waals surface area (Å²) in [5.41, 5.74) is 2.27. The third kappa shape index (κ3) is 3.09. The molecule has 1 saturated carbocycles. The molecule has 0 spiro atoms. The third-order valence-electron chi connectivity index (χ3n) is 3.29. The Hall–Kier alpha value is -1.93. The summed E-state index contributed by atoms with van der Waals surface area (Å²) in [7, 11) is 1.82. The molecule has 19 heavy (non-hydrogen) atoms. The number of pyridine rings is 1. The van der Waals surface area contributed by atoms with Crippen LogP contribution >= 0.6 is 0 Å². The topological polar surface area (TPSA) is 118 Å². The Balaban J connectivity index is 2.13. The van der Waals surface area contributed by atoms with Crippen molar-refractivity contribution < 1.29 is 10.0 Å². The van der Waals surface area contributed by atoms with Gasteiger partial charge in [-0.05, 0) is 18.8 Å². The lowest BCUT2D eigenvalue weighted by Crippen LogP contribution is -2.37. The molecule has 1 aromatic rings. The van der Waals surface area contributed by atoms with Crippen molar-refractivity contribution in [2.45, 2.75) is 18.9 Å². The number of rotatable bonds is 5. The Labute approximate surface area is 110 Å². The average molecular weight is 267 g/mol. The van der Waals surface area contributed by atoms with Crippen LogP contribution in [0.5, 0.6) is 0 Å². The summed E-state index contributed by atoms with van der Waals surface area (Å²) < 4.78 is 0. The minimum Gasteiger partial charge on any atom is -0.393 e. The quantitative estimate of drug-likeness (QED) is 0.403. The lowest BCUT2D eigenvalue weighted by molar-refractivity contribution is -0.384. The van der Waals surface area contributed by atoms with Gasteiger partial charge in [-0.1, -0.05) is 0 Å². The van der Waals surface area contributed by atoms with Crippen LogP contribution in [0, 0.1) is 16.0 Å². The van der Waals surface area contributed by atoms with Crippen LogP contribution in [0.25, 0.3) is 0 Å². The lowest BCUT2D eigenvalue weighted by Gasteiger charge is -2.34. The van der Waals surface area contributed by atoms with Gasteiger partial charge in [0.2, 0.25) is 0 Å². The largest absolute Gasteiger partial charge is 0.393 e. The molecule has 0 aromatic carbocycles. The Kier molecular flexibility index (Phi) is 3.82. The zero-order valence-electron chi connectivity index (χ0n) is 10.6. The summed E-state index contributed by atoms with van der Waals surface area (Å²) in [4.78, 5) is 16.4. The first kappa shape index (κ1) is 13.5. The van der Waals surface area contributed by atoms with E-state index >= 15 is 0 Å². The van der Waals surface area contributed by atoms with Crippen LogP contribution in [0.15, 0.2) is 12.1 Å². The minimum atomic E-state index is -0.479. The third-order valence-corrected chi connectivity index (χ3v) is 3.29.